The molecule has 4 aliphatic rings. The van der Waals surface area contributed by atoms with Crippen molar-refractivity contribution < 1.29 is 23.9 Å². The van der Waals surface area contributed by atoms with Crippen molar-refractivity contribution in [1.29, 1.82) is 0 Å². The number of ether oxygens (including phenoxy) is 2. The molecule has 0 spiro atoms. The molecule has 3 fully saturated rings. The number of hydrogen-bond acceptors (Lipinski definition) is 5. The normalized spacial score (nSPS) is 43.8. The van der Waals surface area contributed by atoms with Gasteiger partial charge in [-0.15, -0.1) is 0 Å². The Morgan fingerprint density at radius 3 is 2.31 bits per heavy atom. The first kappa shape index (κ1) is 17.9. The second kappa shape index (κ2) is 4.86. The highest BCUT2D eigenvalue weighted by Crippen LogP contribution is 2.74. The van der Waals surface area contributed by atoms with E-state index in [0.29, 0.717) is 12.0 Å². The summed E-state index contributed by atoms with van der Waals surface area (Å²) in [5.74, 6) is -0.974. The fourth-order valence-corrected chi connectivity index (χ4v) is 6.45. The second-order valence-electron chi connectivity index (χ2n) is 9.66. The first-order valence-electron chi connectivity index (χ1n) is 9.62. The zero-order valence-electron chi connectivity index (χ0n) is 16.5. The van der Waals surface area contributed by atoms with Crippen molar-refractivity contribution in [1.82, 2.24) is 0 Å². The standard InChI is InChI=1S/C21H28O5/c1-11(2)14-15(25-6)17(24)21-19(5)9-7-8-18(3,4)12(19)10-13(22)20(21,26-21)16(14)23/h11-12H,7-10H2,1-6H3. The Balaban J connectivity index is 1.97. The van der Waals surface area contributed by atoms with Gasteiger partial charge in [-0.05, 0) is 30.1 Å². The van der Waals surface area contributed by atoms with Gasteiger partial charge in [0.2, 0.25) is 17.2 Å². The Labute approximate surface area is 154 Å². The van der Waals surface area contributed by atoms with Crippen molar-refractivity contribution in [3.63, 3.8) is 0 Å². The van der Waals surface area contributed by atoms with Crippen LogP contribution in [0.25, 0.3) is 0 Å². The van der Waals surface area contributed by atoms with E-state index in [-0.39, 0.29) is 40.4 Å². The molecule has 0 N–H and O–H groups in total. The first-order valence-corrected chi connectivity index (χ1v) is 9.62. The zero-order chi connectivity index (χ0) is 19.3. The number of fused-ring (bicyclic) bond motifs is 1. The molecule has 1 saturated heterocycles. The van der Waals surface area contributed by atoms with Crippen LogP contribution in [0.3, 0.4) is 0 Å². The van der Waals surface area contributed by atoms with E-state index in [2.05, 4.69) is 13.8 Å². The van der Waals surface area contributed by atoms with Crippen molar-refractivity contribution in [2.24, 2.45) is 22.7 Å². The van der Waals surface area contributed by atoms with E-state index in [1.54, 1.807) is 0 Å². The van der Waals surface area contributed by atoms with Crippen LogP contribution < -0.4 is 0 Å². The molecule has 0 amide bonds. The minimum atomic E-state index is -1.61. The topological polar surface area (TPSA) is 73.0 Å². The smallest absolute Gasteiger partial charge is 0.234 e. The number of Topliss-reactive ketones (excluding diaryl/α,β-unsaturated/α-hetero) is 3. The molecule has 1 heterocycles. The summed E-state index contributed by atoms with van der Waals surface area (Å²) in [5.41, 5.74) is -3.30. The van der Waals surface area contributed by atoms with Crippen LogP contribution in [0.4, 0.5) is 0 Å². The van der Waals surface area contributed by atoms with Gasteiger partial charge in [0.1, 0.15) is 0 Å². The van der Waals surface area contributed by atoms with Gasteiger partial charge in [0.05, 0.1) is 7.11 Å². The van der Waals surface area contributed by atoms with E-state index in [1.807, 2.05) is 20.8 Å². The largest absolute Gasteiger partial charge is 0.492 e. The Morgan fingerprint density at radius 1 is 1.08 bits per heavy atom. The molecule has 0 aromatic carbocycles. The molecule has 5 heteroatoms. The minimum absolute atomic E-state index is 0.0160. The van der Waals surface area contributed by atoms with E-state index < -0.39 is 16.6 Å². The number of ketones is 3. The Hall–Kier alpha value is -1.49. The molecule has 142 valence electrons. The highest BCUT2D eigenvalue weighted by molar-refractivity contribution is 6.33. The minimum Gasteiger partial charge on any atom is -0.492 e. The maximum atomic E-state index is 13.6. The molecule has 0 aromatic heterocycles. The SMILES string of the molecule is COC1=C(C(C)C)C(=O)C23OC2(C1=O)C1(C)CCCC(C)(C)C1CC3=O. The average Bonchev–Trinajstić information content (AvgIpc) is 3.28. The van der Waals surface area contributed by atoms with Crippen molar-refractivity contribution in [3.8, 4) is 0 Å². The molecular formula is C21H28O5. The molecule has 4 rings (SSSR count). The van der Waals surface area contributed by atoms with E-state index in [0.717, 1.165) is 19.3 Å². The molecule has 0 aromatic rings. The summed E-state index contributed by atoms with van der Waals surface area (Å²) in [7, 11) is 1.42. The number of methoxy groups -OCH3 is 1. The van der Waals surface area contributed by atoms with Crippen molar-refractivity contribution in [2.45, 2.75) is 71.5 Å². The van der Waals surface area contributed by atoms with Gasteiger partial charge in [-0.1, -0.05) is 41.0 Å². The van der Waals surface area contributed by atoms with E-state index in [9.17, 15) is 14.4 Å². The van der Waals surface area contributed by atoms with Crippen LogP contribution in [0.5, 0.6) is 0 Å². The lowest BCUT2D eigenvalue weighted by Crippen LogP contribution is -2.66. The van der Waals surface area contributed by atoms with Crippen molar-refractivity contribution >= 4 is 17.3 Å². The van der Waals surface area contributed by atoms with Gasteiger partial charge >= 0.3 is 0 Å². The number of rotatable bonds is 2. The van der Waals surface area contributed by atoms with Crippen molar-refractivity contribution in [2.75, 3.05) is 7.11 Å². The molecule has 3 aliphatic carbocycles. The van der Waals surface area contributed by atoms with E-state index in [4.69, 9.17) is 9.47 Å². The van der Waals surface area contributed by atoms with E-state index in [1.165, 1.54) is 7.11 Å². The maximum absolute atomic E-state index is 13.6. The molecule has 0 bridgehead atoms. The third-order valence-corrected chi connectivity index (χ3v) is 7.69. The highest BCUT2D eigenvalue weighted by Gasteiger charge is 2.93. The van der Waals surface area contributed by atoms with Crippen LogP contribution in [0.15, 0.2) is 11.3 Å². The van der Waals surface area contributed by atoms with Gasteiger partial charge in [0, 0.05) is 17.4 Å². The number of carbonyl (C=O) groups excluding carboxylic acids is 3. The number of epoxide rings is 1. The lowest BCUT2D eigenvalue weighted by molar-refractivity contribution is -0.151. The van der Waals surface area contributed by atoms with Gasteiger partial charge in [-0.2, -0.15) is 0 Å². The van der Waals surface area contributed by atoms with Crippen LogP contribution in [-0.2, 0) is 23.9 Å². The third-order valence-electron chi connectivity index (χ3n) is 7.69. The number of hydrogen-bond donors (Lipinski definition) is 0. The van der Waals surface area contributed by atoms with Crippen molar-refractivity contribution in [3.05, 3.63) is 11.3 Å². The number of carbonyl (C=O) groups is 3. The fraction of sp³-hybridized carbons (Fsp3) is 0.762. The van der Waals surface area contributed by atoms with Crippen LogP contribution in [0, 0.1) is 22.7 Å². The van der Waals surface area contributed by atoms with Crippen LogP contribution >= 0.6 is 0 Å². The summed E-state index contributed by atoms with van der Waals surface area (Å²) in [6.45, 7) is 10.1. The monoisotopic (exact) mass is 360 g/mol. The molecule has 5 nitrogen and oxygen atoms in total. The summed E-state index contributed by atoms with van der Waals surface area (Å²) in [5, 5.41) is 0. The first-order chi connectivity index (χ1) is 12.0. The van der Waals surface area contributed by atoms with Gasteiger partial charge < -0.3 is 9.47 Å². The molecule has 1 aliphatic heterocycles. The lowest BCUT2D eigenvalue weighted by atomic mass is 9.44. The summed E-state index contributed by atoms with van der Waals surface area (Å²) in [6.07, 6.45) is 3.05. The summed E-state index contributed by atoms with van der Waals surface area (Å²) < 4.78 is 11.5. The predicted molar refractivity (Wildman–Crippen MR) is 94.3 cm³/mol. The molecule has 2 saturated carbocycles. The molecule has 4 unspecified atom stereocenters. The molecule has 26 heavy (non-hydrogen) atoms. The molecular weight excluding hydrogens is 332 g/mol. The van der Waals surface area contributed by atoms with Gasteiger partial charge in [0.25, 0.3) is 0 Å². The lowest BCUT2D eigenvalue weighted by Gasteiger charge is -2.56. The quantitative estimate of drug-likeness (QED) is 0.559. The Bertz CT molecular complexity index is 775. The molecule has 4 atom stereocenters. The third kappa shape index (κ3) is 1.61. The fourth-order valence-electron chi connectivity index (χ4n) is 6.45. The maximum Gasteiger partial charge on any atom is 0.234 e. The van der Waals surface area contributed by atoms with Gasteiger partial charge in [-0.25, -0.2) is 0 Å². The molecule has 0 radical (unpaired) electrons. The highest BCUT2D eigenvalue weighted by atomic mass is 16.7. The predicted octanol–water partition coefficient (Wildman–Crippen LogP) is 3.01. The summed E-state index contributed by atoms with van der Waals surface area (Å²) >= 11 is 0. The van der Waals surface area contributed by atoms with Gasteiger partial charge in [0.15, 0.2) is 17.1 Å². The Morgan fingerprint density at radius 2 is 1.73 bits per heavy atom. The van der Waals surface area contributed by atoms with E-state index >= 15 is 0 Å². The van der Waals surface area contributed by atoms with Gasteiger partial charge in [-0.3, -0.25) is 14.4 Å². The zero-order valence-corrected chi connectivity index (χ0v) is 16.5. The van der Waals surface area contributed by atoms with Crippen LogP contribution in [-0.4, -0.2) is 35.7 Å². The average molecular weight is 360 g/mol. The Kier molecular flexibility index (Phi) is 3.35. The van der Waals surface area contributed by atoms with Crippen LogP contribution in [0.1, 0.15) is 60.3 Å². The second-order valence-corrected chi connectivity index (χ2v) is 9.66. The summed E-state index contributed by atoms with van der Waals surface area (Å²) in [4.78, 5) is 40.3. The van der Waals surface area contributed by atoms with Crippen LogP contribution in [0.2, 0.25) is 0 Å². The summed E-state index contributed by atoms with van der Waals surface area (Å²) in [6, 6.07) is 0.